The highest BCUT2D eigenvalue weighted by atomic mass is 16.6. The average Bonchev–Trinajstić information content (AvgIpc) is 3.21. The summed E-state index contributed by atoms with van der Waals surface area (Å²) in [6.07, 6.45) is -1.65. The van der Waals surface area contributed by atoms with Crippen molar-refractivity contribution in [3.8, 4) is 0 Å². The van der Waals surface area contributed by atoms with Gasteiger partial charge in [0.05, 0.1) is 6.61 Å². The van der Waals surface area contributed by atoms with Gasteiger partial charge in [-0.25, -0.2) is 4.79 Å². The van der Waals surface area contributed by atoms with Crippen molar-refractivity contribution in [2.24, 2.45) is 5.92 Å². The number of nitrogens with zero attached hydrogens (tertiary/aromatic N) is 1. The zero-order chi connectivity index (χ0) is 14.5. The molecule has 4 atom stereocenters. The number of aliphatic hydroxyl groups is 3. The molecule has 0 aromatic rings. The number of hydrogen-bond donors (Lipinski definition) is 4. The molecule has 3 amide bonds. The first-order valence-electron chi connectivity index (χ1n) is 6.75. The molecule has 2 saturated heterocycles. The Bertz CT molecular complexity index is 440. The maximum Gasteiger partial charge on any atom is 0.326 e. The highest BCUT2D eigenvalue weighted by Crippen LogP contribution is 2.49. The molecule has 3 rings (SSSR count). The summed E-state index contributed by atoms with van der Waals surface area (Å²) in [4.78, 5) is 24.3. The van der Waals surface area contributed by atoms with E-state index in [9.17, 15) is 24.9 Å². The molecule has 0 unspecified atom stereocenters. The maximum absolute atomic E-state index is 11.9. The molecule has 4 N–H and O–H groups in total. The third-order valence-corrected chi connectivity index (χ3v) is 4.31. The Labute approximate surface area is 115 Å². The molecule has 0 aromatic carbocycles. The van der Waals surface area contributed by atoms with E-state index in [4.69, 9.17) is 4.74 Å². The van der Waals surface area contributed by atoms with E-state index in [2.05, 4.69) is 5.32 Å². The lowest BCUT2D eigenvalue weighted by molar-refractivity contribution is -0.146. The predicted molar refractivity (Wildman–Crippen MR) is 64.3 cm³/mol. The van der Waals surface area contributed by atoms with Crippen LogP contribution in [0.4, 0.5) is 4.79 Å². The molecule has 8 nitrogen and oxygen atoms in total. The number of urea groups is 1. The van der Waals surface area contributed by atoms with Crippen LogP contribution in [0, 0.1) is 5.92 Å². The van der Waals surface area contributed by atoms with Crippen LogP contribution in [-0.4, -0.2) is 69.3 Å². The Morgan fingerprint density at radius 3 is 2.65 bits per heavy atom. The quantitative estimate of drug-likeness (QED) is 0.483. The van der Waals surface area contributed by atoms with E-state index in [1.807, 2.05) is 0 Å². The third-order valence-electron chi connectivity index (χ3n) is 4.31. The number of ether oxygens (including phenoxy) is 1. The minimum Gasteiger partial charge on any atom is -0.394 e. The van der Waals surface area contributed by atoms with Crippen molar-refractivity contribution in [2.45, 2.75) is 43.3 Å². The molecule has 0 bridgehead atoms. The van der Waals surface area contributed by atoms with Gasteiger partial charge in [0.25, 0.3) is 0 Å². The number of hydrogen-bond acceptors (Lipinski definition) is 6. The first kappa shape index (κ1) is 13.7. The second-order valence-electron chi connectivity index (χ2n) is 5.61. The van der Waals surface area contributed by atoms with E-state index < -0.39 is 36.7 Å². The number of aliphatic hydroxyl groups excluding tert-OH is 2. The van der Waals surface area contributed by atoms with Gasteiger partial charge in [-0.3, -0.25) is 15.0 Å². The van der Waals surface area contributed by atoms with Crippen LogP contribution in [-0.2, 0) is 9.53 Å². The lowest BCUT2D eigenvalue weighted by Crippen LogP contribution is -2.62. The molecule has 0 aromatic heterocycles. The van der Waals surface area contributed by atoms with Crippen molar-refractivity contribution in [2.75, 3.05) is 13.2 Å². The van der Waals surface area contributed by atoms with Crippen molar-refractivity contribution >= 4 is 11.9 Å². The molecule has 8 heteroatoms. The molecule has 3 aliphatic rings. The fraction of sp³-hybridized carbons (Fsp3) is 0.833. The van der Waals surface area contributed by atoms with E-state index in [1.54, 1.807) is 0 Å². The van der Waals surface area contributed by atoms with Crippen molar-refractivity contribution in [3.63, 3.8) is 0 Å². The van der Waals surface area contributed by atoms with E-state index in [-0.39, 0.29) is 24.8 Å². The van der Waals surface area contributed by atoms with Crippen molar-refractivity contribution < 1.29 is 29.6 Å². The first-order chi connectivity index (χ1) is 9.48. The fourth-order valence-corrected chi connectivity index (χ4v) is 3.05. The minimum atomic E-state index is -1.59. The summed E-state index contributed by atoms with van der Waals surface area (Å²) >= 11 is 0. The van der Waals surface area contributed by atoms with E-state index >= 15 is 0 Å². The summed E-state index contributed by atoms with van der Waals surface area (Å²) in [6.45, 7) is -0.323. The summed E-state index contributed by atoms with van der Waals surface area (Å²) < 4.78 is 5.49. The van der Waals surface area contributed by atoms with Gasteiger partial charge in [0.1, 0.15) is 17.8 Å². The molecule has 2 aliphatic heterocycles. The van der Waals surface area contributed by atoms with E-state index in [0.717, 1.165) is 12.8 Å². The van der Waals surface area contributed by atoms with Gasteiger partial charge in [-0.1, -0.05) is 0 Å². The van der Waals surface area contributed by atoms with Gasteiger partial charge in [0, 0.05) is 13.0 Å². The van der Waals surface area contributed by atoms with Crippen LogP contribution in [0.1, 0.15) is 19.3 Å². The average molecular weight is 286 g/mol. The molecule has 20 heavy (non-hydrogen) atoms. The summed E-state index contributed by atoms with van der Waals surface area (Å²) in [5, 5.41) is 32.4. The molecule has 2 heterocycles. The Kier molecular flexibility index (Phi) is 3.20. The number of imide groups is 1. The SMILES string of the molecule is O=C1CCN([C@@H]2O[C@H](CO)[C@@H](O)[C@]2(O)C2CC2)C(=O)N1. The monoisotopic (exact) mass is 286 g/mol. The maximum atomic E-state index is 11.9. The Balaban J connectivity index is 1.87. The molecular formula is C12H18N2O6. The van der Waals surface area contributed by atoms with Gasteiger partial charge < -0.3 is 20.1 Å². The van der Waals surface area contributed by atoms with Crippen LogP contribution in [0.25, 0.3) is 0 Å². The summed E-state index contributed by atoms with van der Waals surface area (Å²) in [6, 6.07) is -0.642. The molecule has 112 valence electrons. The molecule has 3 fully saturated rings. The Morgan fingerprint density at radius 1 is 1.40 bits per heavy atom. The lowest BCUT2D eigenvalue weighted by atomic mass is 9.88. The Morgan fingerprint density at radius 2 is 2.10 bits per heavy atom. The second kappa shape index (κ2) is 4.66. The van der Waals surface area contributed by atoms with Crippen LogP contribution in [0.5, 0.6) is 0 Å². The summed E-state index contributed by atoms with van der Waals surface area (Å²) in [7, 11) is 0. The van der Waals surface area contributed by atoms with E-state index in [0.29, 0.717) is 0 Å². The van der Waals surface area contributed by atoms with Crippen LogP contribution < -0.4 is 5.32 Å². The normalized spacial score (nSPS) is 42.0. The number of carbonyl (C=O) groups is 2. The number of amides is 3. The highest BCUT2D eigenvalue weighted by Gasteiger charge is 2.64. The Hall–Kier alpha value is -1.22. The van der Waals surface area contributed by atoms with Crippen molar-refractivity contribution in [1.82, 2.24) is 10.2 Å². The number of carbonyl (C=O) groups excluding carboxylic acids is 2. The first-order valence-corrected chi connectivity index (χ1v) is 6.75. The lowest BCUT2D eigenvalue weighted by Gasteiger charge is -2.39. The topological polar surface area (TPSA) is 119 Å². The number of rotatable bonds is 3. The highest BCUT2D eigenvalue weighted by molar-refractivity contribution is 5.96. The largest absolute Gasteiger partial charge is 0.394 e. The molecule has 1 aliphatic carbocycles. The number of nitrogens with one attached hydrogen (secondary N) is 1. The van der Waals surface area contributed by atoms with Gasteiger partial charge in [0.15, 0.2) is 6.23 Å². The third kappa shape index (κ3) is 1.91. The van der Waals surface area contributed by atoms with Gasteiger partial charge in [-0.15, -0.1) is 0 Å². The van der Waals surface area contributed by atoms with Gasteiger partial charge in [-0.2, -0.15) is 0 Å². The second-order valence-corrected chi connectivity index (χ2v) is 5.61. The van der Waals surface area contributed by atoms with Crippen LogP contribution in [0.15, 0.2) is 0 Å². The van der Waals surface area contributed by atoms with Crippen LogP contribution in [0.2, 0.25) is 0 Å². The zero-order valence-electron chi connectivity index (χ0n) is 10.9. The van der Waals surface area contributed by atoms with Gasteiger partial charge in [0.2, 0.25) is 5.91 Å². The standard InChI is InChI=1S/C12H18N2O6/c15-5-7-9(17)12(19,6-1-2-6)10(20-7)14-4-3-8(16)13-11(14)18/h6-7,9-10,15,17,19H,1-5H2,(H,13,16,18)/t7-,9-,10-,12-/m1/s1. The van der Waals surface area contributed by atoms with Gasteiger partial charge in [-0.05, 0) is 18.8 Å². The minimum absolute atomic E-state index is 0.117. The van der Waals surface area contributed by atoms with Crippen LogP contribution in [0.3, 0.4) is 0 Å². The van der Waals surface area contributed by atoms with Crippen molar-refractivity contribution in [1.29, 1.82) is 0 Å². The van der Waals surface area contributed by atoms with Crippen molar-refractivity contribution in [3.05, 3.63) is 0 Å². The molecule has 0 radical (unpaired) electrons. The molecule has 0 spiro atoms. The smallest absolute Gasteiger partial charge is 0.326 e. The zero-order valence-corrected chi connectivity index (χ0v) is 10.9. The van der Waals surface area contributed by atoms with E-state index in [1.165, 1.54) is 4.90 Å². The predicted octanol–water partition coefficient (Wildman–Crippen LogP) is -1.85. The summed E-state index contributed by atoms with van der Waals surface area (Å²) in [5.74, 6) is -0.539. The molecular weight excluding hydrogens is 268 g/mol. The van der Waals surface area contributed by atoms with Crippen LogP contribution >= 0.6 is 0 Å². The molecule has 1 saturated carbocycles. The fourth-order valence-electron chi connectivity index (χ4n) is 3.05. The van der Waals surface area contributed by atoms with Gasteiger partial charge >= 0.3 is 6.03 Å². The summed E-state index contributed by atoms with van der Waals surface area (Å²) in [5.41, 5.74) is -1.59.